The first-order chi connectivity index (χ1) is 13.1. The fourth-order valence-electron chi connectivity index (χ4n) is 3.35. The summed E-state index contributed by atoms with van der Waals surface area (Å²) in [6.07, 6.45) is 4.65. The minimum Gasteiger partial charge on any atom is -0.379 e. The highest BCUT2D eigenvalue weighted by atomic mass is 35.5. The van der Waals surface area contributed by atoms with E-state index >= 15 is 0 Å². The molecule has 0 saturated heterocycles. The Morgan fingerprint density at radius 2 is 1.89 bits per heavy atom. The Balaban J connectivity index is 1.75. The van der Waals surface area contributed by atoms with Gasteiger partial charge in [-0.3, -0.25) is 4.99 Å². The Morgan fingerprint density at radius 1 is 1.14 bits per heavy atom. The molecule has 2 aromatic carbocycles. The van der Waals surface area contributed by atoms with Gasteiger partial charge in [0.1, 0.15) is 12.0 Å². The third-order valence-corrected chi connectivity index (χ3v) is 5.24. The van der Waals surface area contributed by atoms with Gasteiger partial charge in [-0.05, 0) is 76.1 Å². The summed E-state index contributed by atoms with van der Waals surface area (Å²) in [5.41, 5.74) is 3.36. The minimum atomic E-state index is -0.404. The lowest BCUT2D eigenvalue weighted by atomic mass is 9.94. The Morgan fingerprint density at radius 3 is 2.54 bits per heavy atom. The first-order valence-electron chi connectivity index (χ1n) is 9.17. The quantitative estimate of drug-likeness (QED) is 0.583. The molecule has 28 heavy (non-hydrogen) atoms. The molecule has 148 valence electrons. The number of allylic oxidation sites excluding steroid dienone is 1. The van der Waals surface area contributed by atoms with Crippen LogP contribution in [0.25, 0.3) is 0 Å². The molecule has 0 aliphatic carbocycles. The van der Waals surface area contributed by atoms with E-state index in [1.54, 1.807) is 6.07 Å². The van der Waals surface area contributed by atoms with Gasteiger partial charge in [-0.15, -0.1) is 0 Å². The molecule has 1 unspecified atom stereocenters. The van der Waals surface area contributed by atoms with Crippen LogP contribution in [-0.4, -0.2) is 17.4 Å². The Labute approximate surface area is 175 Å². The molecule has 1 aliphatic rings. The fraction of sp³-hybridized carbons (Fsp3) is 0.318. The van der Waals surface area contributed by atoms with Crippen molar-refractivity contribution in [2.24, 2.45) is 4.99 Å². The second-order valence-corrected chi connectivity index (χ2v) is 8.54. The summed E-state index contributed by atoms with van der Waals surface area (Å²) in [6, 6.07) is 10.8. The molecule has 6 heteroatoms. The molecule has 0 bridgehead atoms. The van der Waals surface area contributed by atoms with Crippen molar-refractivity contribution < 1.29 is 4.39 Å². The normalized spacial score (nSPS) is 16.9. The van der Waals surface area contributed by atoms with E-state index in [2.05, 4.69) is 29.1 Å². The Kier molecular flexibility index (Phi) is 6.01. The molecule has 0 fully saturated rings. The van der Waals surface area contributed by atoms with Crippen molar-refractivity contribution in [3.05, 3.63) is 70.1 Å². The number of hydrogen-bond donors (Lipinski definition) is 1. The van der Waals surface area contributed by atoms with E-state index in [-0.39, 0.29) is 16.7 Å². The molecule has 0 aromatic heterocycles. The van der Waals surface area contributed by atoms with Crippen LogP contribution in [0, 0.1) is 5.82 Å². The molecule has 3 rings (SSSR count). The maximum Gasteiger partial charge on any atom is 0.142 e. The molecule has 1 atom stereocenters. The molecule has 1 aliphatic heterocycles. The highest BCUT2D eigenvalue weighted by Gasteiger charge is 2.21. The lowest BCUT2D eigenvalue weighted by Crippen LogP contribution is -2.33. The molecule has 0 spiro atoms. The second-order valence-electron chi connectivity index (χ2n) is 7.72. The summed E-state index contributed by atoms with van der Waals surface area (Å²) in [6.45, 7) is 8.13. The van der Waals surface area contributed by atoms with Crippen LogP contribution in [-0.2, 0) is 6.42 Å². The zero-order chi connectivity index (χ0) is 20.5. The van der Waals surface area contributed by atoms with Crippen molar-refractivity contribution in [2.45, 2.75) is 45.8 Å². The largest absolute Gasteiger partial charge is 0.379 e. The van der Waals surface area contributed by atoms with Crippen molar-refractivity contribution in [1.29, 1.82) is 0 Å². The van der Waals surface area contributed by atoms with Gasteiger partial charge in [0, 0.05) is 23.1 Å². The van der Waals surface area contributed by atoms with Crippen molar-refractivity contribution in [3.63, 3.8) is 0 Å². The van der Waals surface area contributed by atoms with E-state index in [1.807, 2.05) is 50.4 Å². The van der Waals surface area contributed by atoms with Crippen molar-refractivity contribution in [3.8, 4) is 0 Å². The number of rotatable bonds is 5. The zero-order valence-electron chi connectivity index (χ0n) is 16.4. The third kappa shape index (κ3) is 4.86. The van der Waals surface area contributed by atoms with Gasteiger partial charge in [0.05, 0.1) is 15.7 Å². The topological polar surface area (TPSA) is 27.6 Å². The van der Waals surface area contributed by atoms with Crippen molar-refractivity contribution in [1.82, 2.24) is 0 Å². The highest BCUT2D eigenvalue weighted by molar-refractivity contribution is 6.33. The van der Waals surface area contributed by atoms with Crippen LogP contribution in [0.2, 0.25) is 10.0 Å². The van der Waals surface area contributed by atoms with Gasteiger partial charge < -0.3 is 10.2 Å². The molecule has 1 N–H and O–H groups in total. The summed E-state index contributed by atoms with van der Waals surface area (Å²) in [5, 5.41) is 4.22. The monoisotopic (exact) mass is 419 g/mol. The number of nitrogens with one attached hydrogen (secondary N) is 1. The first kappa shape index (κ1) is 20.7. The molecule has 0 amide bonds. The fourth-order valence-corrected chi connectivity index (χ4v) is 3.69. The molecular formula is C22H24Cl2FN3. The van der Waals surface area contributed by atoms with Gasteiger partial charge >= 0.3 is 0 Å². The number of anilines is 2. The van der Waals surface area contributed by atoms with E-state index < -0.39 is 5.82 Å². The maximum atomic E-state index is 13.7. The molecule has 0 saturated carbocycles. The average Bonchev–Trinajstić information content (AvgIpc) is 2.60. The summed E-state index contributed by atoms with van der Waals surface area (Å²) < 4.78 is 13.7. The summed E-state index contributed by atoms with van der Waals surface area (Å²) in [5.74, 6) is -0.404. The maximum absolute atomic E-state index is 13.7. The Bertz CT molecular complexity index is 937. The van der Waals surface area contributed by atoms with Crippen LogP contribution in [0.5, 0.6) is 0 Å². The average molecular weight is 420 g/mol. The van der Waals surface area contributed by atoms with Gasteiger partial charge in [-0.1, -0.05) is 29.3 Å². The van der Waals surface area contributed by atoms with E-state index in [0.717, 1.165) is 22.6 Å². The number of hydrogen-bond acceptors (Lipinski definition) is 3. The smallest absolute Gasteiger partial charge is 0.142 e. The van der Waals surface area contributed by atoms with Crippen molar-refractivity contribution >= 4 is 40.3 Å². The predicted octanol–water partition coefficient (Wildman–Crippen LogP) is 6.71. The van der Waals surface area contributed by atoms with Gasteiger partial charge in [-0.25, -0.2) is 4.39 Å². The van der Waals surface area contributed by atoms with E-state index in [0.29, 0.717) is 11.4 Å². The van der Waals surface area contributed by atoms with Crippen LogP contribution < -0.4 is 10.2 Å². The lowest BCUT2D eigenvalue weighted by Gasteiger charge is -2.30. The first-order valence-corrected chi connectivity index (χ1v) is 9.93. The van der Waals surface area contributed by atoms with Crippen LogP contribution in [0.15, 0.2) is 53.7 Å². The molecule has 3 nitrogen and oxygen atoms in total. The van der Waals surface area contributed by atoms with Gasteiger partial charge in [0.25, 0.3) is 0 Å². The summed E-state index contributed by atoms with van der Waals surface area (Å²) in [7, 11) is 0. The Hall–Kier alpha value is -2.04. The molecule has 1 heterocycles. The SMILES string of the molecule is CC1=NC(C)N(c2ccc(NC(C)(C)Cc3ccc(Cl)c(F)c3)c(Cl)c2)C=C1. The van der Waals surface area contributed by atoms with E-state index in [9.17, 15) is 4.39 Å². The zero-order valence-corrected chi connectivity index (χ0v) is 17.9. The van der Waals surface area contributed by atoms with Crippen LogP contribution in [0.3, 0.4) is 0 Å². The minimum absolute atomic E-state index is 0.0242. The molecule has 2 aromatic rings. The third-order valence-electron chi connectivity index (χ3n) is 4.62. The van der Waals surface area contributed by atoms with Crippen LogP contribution in [0.4, 0.5) is 15.8 Å². The number of halogens is 3. The van der Waals surface area contributed by atoms with Crippen molar-refractivity contribution in [2.75, 3.05) is 10.2 Å². The van der Waals surface area contributed by atoms with Crippen LogP contribution >= 0.6 is 23.2 Å². The lowest BCUT2D eigenvalue weighted by molar-refractivity contribution is 0.559. The highest BCUT2D eigenvalue weighted by Crippen LogP contribution is 2.32. The molecular weight excluding hydrogens is 396 g/mol. The van der Waals surface area contributed by atoms with Gasteiger partial charge in [0.2, 0.25) is 0 Å². The summed E-state index contributed by atoms with van der Waals surface area (Å²) >= 11 is 12.3. The van der Waals surface area contributed by atoms with E-state index in [1.165, 1.54) is 6.07 Å². The van der Waals surface area contributed by atoms with E-state index in [4.69, 9.17) is 23.2 Å². The summed E-state index contributed by atoms with van der Waals surface area (Å²) in [4.78, 5) is 6.64. The number of benzene rings is 2. The standard InChI is InChI=1S/C22H24Cl2FN3/c1-14-9-10-28(15(2)26-14)17-6-8-21(19(24)12-17)27-22(3,4)13-16-5-7-18(23)20(25)11-16/h5-12,15,27H,13H2,1-4H3. The second kappa shape index (κ2) is 8.14. The number of aliphatic imine (C=N–C) groups is 1. The predicted molar refractivity (Wildman–Crippen MR) is 118 cm³/mol. The molecule has 0 radical (unpaired) electrons. The van der Waals surface area contributed by atoms with Crippen LogP contribution in [0.1, 0.15) is 33.3 Å². The van der Waals surface area contributed by atoms with Gasteiger partial charge in [-0.2, -0.15) is 0 Å². The number of nitrogens with zero attached hydrogens (tertiary/aromatic N) is 2. The van der Waals surface area contributed by atoms with Gasteiger partial charge in [0.15, 0.2) is 0 Å².